The zero-order chi connectivity index (χ0) is 14.9. The molecule has 110 valence electrons. The molecule has 0 spiro atoms. The van der Waals surface area contributed by atoms with E-state index in [-0.39, 0.29) is 5.75 Å². The molecule has 2 heterocycles. The van der Waals surface area contributed by atoms with E-state index in [1.54, 1.807) is 30.4 Å². The number of hydrogen-bond acceptors (Lipinski definition) is 5. The van der Waals surface area contributed by atoms with Gasteiger partial charge in [0.1, 0.15) is 5.75 Å². The number of nitrogens with zero attached hydrogens (tertiary/aromatic N) is 2. The average Bonchev–Trinajstić information content (AvgIpc) is 2.99. The SMILES string of the molecule is CCCS(=O)(=O)Oc1ccc(-c2cn3ccsc3n2)cc1. The first-order chi connectivity index (χ1) is 10.1. The predicted octanol–water partition coefficient (Wildman–Crippen LogP) is 3.18. The number of rotatable bonds is 5. The zero-order valence-corrected chi connectivity index (χ0v) is 13.0. The molecule has 2 aromatic heterocycles. The molecule has 0 atom stereocenters. The summed E-state index contributed by atoms with van der Waals surface area (Å²) in [6.45, 7) is 1.80. The van der Waals surface area contributed by atoms with Crippen LogP contribution >= 0.6 is 11.3 Å². The lowest BCUT2D eigenvalue weighted by atomic mass is 10.2. The van der Waals surface area contributed by atoms with Crippen LogP contribution in [0.15, 0.2) is 42.0 Å². The van der Waals surface area contributed by atoms with Crippen molar-refractivity contribution >= 4 is 26.4 Å². The van der Waals surface area contributed by atoms with Crippen molar-refractivity contribution < 1.29 is 12.6 Å². The Hall–Kier alpha value is -1.86. The fraction of sp³-hybridized carbons (Fsp3) is 0.214. The highest BCUT2D eigenvalue weighted by Crippen LogP contribution is 2.24. The molecule has 0 N–H and O–H groups in total. The van der Waals surface area contributed by atoms with Crippen LogP contribution in [-0.2, 0) is 10.1 Å². The van der Waals surface area contributed by atoms with Crippen molar-refractivity contribution in [2.75, 3.05) is 5.75 Å². The van der Waals surface area contributed by atoms with Gasteiger partial charge < -0.3 is 4.18 Å². The van der Waals surface area contributed by atoms with Crippen LogP contribution in [0.2, 0.25) is 0 Å². The van der Waals surface area contributed by atoms with E-state index in [1.807, 2.05) is 34.3 Å². The molecule has 0 radical (unpaired) electrons. The Labute approximate surface area is 127 Å². The van der Waals surface area contributed by atoms with Crippen LogP contribution in [-0.4, -0.2) is 23.6 Å². The molecular formula is C14H14N2O3S2. The molecule has 3 aromatic rings. The average molecular weight is 322 g/mol. The van der Waals surface area contributed by atoms with Gasteiger partial charge in [0.15, 0.2) is 4.96 Å². The van der Waals surface area contributed by atoms with E-state index in [0.29, 0.717) is 12.2 Å². The first-order valence-corrected chi connectivity index (χ1v) is 8.98. The Kier molecular flexibility index (Phi) is 3.69. The highest BCUT2D eigenvalue weighted by atomic mass is 32.2. The fourth-order valence-electron chi connectivity index (χ4n) is 1.99. The maximum Gasteiger partial charge on any atom is 0.309 e. The maximum atomic E-state index is 11.6. The summed E-state index contributed by atoms with van der Waals surface area (Å²) in [5, 5.41) is 1.97. The normalized spacial score (nSPS) is 11.9. The summed E-state index contributed by atoms with van der Waals surface area (Å²) in [4.78, 5) is 5.43. The molecule has 0 fully saturated rings. The predicted molar refractivity (Wildman–Crippen MR) is 83.2 cm³/mol. The summed E-state index contributed by atoms with van der Waals surface area (Å²) in [5.74, 6) is 0.347. The number of imidazole rings is 1. The summed E-state index contributed by atoms with van der Waals surface area (Å²) in [5.41, 5.74) is 1.77. The molecule has 0 aliphatic rings. The van der Waals surface area contributed by atoms with Crippen LogP contribution in [0.4, 0.5) is 0 Å². The van der Waals surface area contributed by atoms with Gasteiger partial charge in [-0.2, -0.15) is 8.42 Å². The van der Waals surface area contributed by atoms with E-state index in [2.05, 4.69) is 4.98 Å². The lowest BCUT2D eigenvalue weighted by Gasteiger charge is -2.06. The molecule has 0 aliphatic carbocycles. The van der Waals surface area contributed by atoms with E-state index in [1.165, 1.54) is 0 Å². The van der Waals surface area contributed by atoms with Crippen molar-refractivity contribution in [1.82, 2.24) is 9.38 Å². The molecule has 0 aliphatic heterocycles. The Morgan fingerprint density at radius 1 is 1.29 bits per heavy atom. The summed E-state index contributed by atoms with van der Waals surface area (Å²) in [7, 11) is -3.49. The summed E-state index contributed by atoms with van der Waals surface area (Å²) >= 11 is 1.57. The van der Waals surface area contributed by atoms with Gasteiger partial charge in [0.05, 0.1) is 11.4 Å². The molecule has 0 unspecified atom stereocenters. The van der Waals surface area contributed by atoms with Gasteiger partial charge >= 0.3 is 10.1 Å². The Morgan fingerprint density at radius 2 is 2.05 bits per heavy atom. The number of thiazole rings is 1. The number of aromatic nitrogens is 2. The minimum absolute atomic E-state index is 0.0199. The second-order valence-corrected chi connectivity index (χ2v) is 7.15. The van der Waals surface area contributed by atoms with Crippen LogP contribution in [0.3, 0.4) is 0 Å². The number of benzene rings is 1. The minimum atomic E-state index is -3.49. The lowest BCUT2D eigenvalue weighted by molar-refractivity contribution is 0.485. The highest BCUT2D eigenvalue weighted by Gasteiger charge is 2.11. The largest absolute Gasteiger partial charge is 0.382 e. The van der Waals surface area contributed by atoms with Crippen molar-refractivity contribution in [3.8, 4) is 17.0 Å². The second-order valence-electron chi connectivity index (χ2n) is 4.59. The van der Waals surface area contributed by atoms with Crippen molar-refractivity contribution in [3.63, 3.8) is 0 Å². The molecule has 0 saturated carbocycles. The van der Waals surface area contributed by atoms with Crippen molar-refractivity contribution in [2.24, 2.45) is 0 Å². The minimum Gasteiger partial charge on any atom is -0.382 e. The van der Waals surface area contributed by atoms with Gasteiger partial charge in [-0.1, -0.05) is 6.92 Å². The first kappa shape index (κ1) is 14.1. The van der Waals surface area contributed by atoms with Crippen LogP contribution in [0, 0.1) is 0 Å². The highest BCUT2D eigenvalue weighted by molar-refractivity contribution is 7.87. The van der Waals surface area contributed by atoms with E-state index >= 15 is 0 Å². The smallest absolute Gasteiger partial charge is 0.309 e. The van der Waals surface area contributed by atoms with Crippen LogP contribution in [0.1, 0.15) is 13.3 Å². The Bertz CT molecular complexity index is 819. The molecule has 0 saturated heterocycles. The van der Waals surface area contributed by atoms with E-state index < -0.39 is 10.1 Å². The number of hydrogen-bond donors (Lipinski definition) is 0. The van der Waals surface area contributed by atoms with E-state index in [0.717, 1.165) is 16.2 Å². The van der Waals surface area contributed by atoms with Gasteiger partial charge in [0.25, 0.3) is 0 Å². The molecule has 0 amide bonds. The van der Waals surface area contributed by atoms with Crippen LogP contribution < -0.4 is 4.18 Å². The Balaban J connectivity index is 1.82. The monoisotopic (exact) mass is 322 g/mol. The third-order valence-corrected chi connectivity index (χ3v) is 5.05. The van der Waals surface area contributed by atoms with Gasteiger partial charge in [-0.3, -0.25) is 4.40 Å². The fourth-order valence-corrected chi connectivity index (χ4v) is 3.67. The molecule has 5 nitrogen and oxygen atoms in total. The molecule has 21 heavy (non-hydrogen) atoms. The van der Waals surface area contributed by atoms with Crippen molar-refractivity contribution in [2.45, 2.75) is 13.3 Å². The third kappa shape index (κ3) is 3.08. The maximum absolute atomic E-state index is 11.6. The molecule has 0 bridgehead atoms. The molecule has 3 rings (SSSR count). The number of fused-ring (bicyclic) bond motifs is 1. The van der Waals surface area contributed by atoms with Gasteiger partial charge in [-0.15, -0.1) is 11.3 Å². The van der Waals surface area contributed by atoms with Crippen molar-refractivity contribution in [3.05, 3.63) is 42.0 Å². The lowest BCUT2D eigenvalue weighted by Crippen LogP contribution is -2.12. The second kappa shape index (κ2) is 5.50. The zero-order valence-electron chi connectivity index (χ0n) is 11.4. The molecular weight excluding hydrogens is 308 g/mol. The third-order valence-electron chi connectivity index (χ3n) is 2.92. The molecule has 7 heteroatoms. The standard InChI is InChI=1S/C14H14N2O3S2/c1-2-9-21(17,18)19-12-5-3-11(4-6-12)13-10-16-7-8-20-14(16)15-13/h3-8,10H,2,9H2,1H3. The quantitative estimate of drug-likeness (QED) is 0.677. The molecule has 1 aromatic carbocycles. The summed E-state index contributed by atoms with van der Waals surface area (Å²) in [6, 6.07) is 6.92. The van der Waals surface area contributed by atoms with Crippen LogP contribution in [0.25, 0.3) is 16.2 Å². The Morgan fingerprint density at radius 3 is 2.71 bits per heavy atom. The van der Waals surface area contributed by atoms with Gasteiger partial charge in [0, 0.05) is 23.3 Å². The van der Waals surface area contributed by atoms with Gasteiger partial charge in [-0.05, 0) is 30.7 Å². The van der Waals surface area contributed by atoms with Crippen molar-refractivity contribution in [1.29, 1.82) is 0 Å². The van der Waals surface area contributed by atoms with Crippen LogP contribution in [0.5, 0.6) is 5.75 Å². The summed E-state index contributed by atoms with van der Waals surface area (Å²) in [6.07, 6.45) is 4.42. The first-order valence-electron chi connectivity index (χ1n) is 6.52. The van der Waals surface area contributed by atoms with Gasteiger partial charge in [0.2, 0.25) is 0 Å². The van der Waals surface area contributed by atoms with E-state index in [4.69, 9.17) is 4.18 Å². The van der Waals surface area contributed by atoms with E-state index in [9.17, 15) is 8.42 Å². The topological polar surface area (TPSA) is 60.7 Å². The summed E-state index contributed by atoms with van der Waals surface area (Å²) < 4.78 is 30.2. The van der Waals surface area contributed by atoms with Gasteiger partial charge in [-0.25, -0.2) is 4.98 Å².